The summed E-state index contributed by atoms with van der Waals surface area (Å²) in [4.78, 5) is 7.18. The second-order valence-electron chi connectivity index (χ2n) is 5.69. The minimum absolute atomic E-state index is 0.698. The Labute approximate surface area is 121 Å². The minimum atomic E-state index is 0.698. The number of likely N-dealkylation sites (tertiary alicyclic amines) is 1. The van der Waals surface area contributed by atoms with Gasteiger partial charge in [-0.1, -0.05) is 6.92 Å². The van der Waals surface area contributed by atoms with Crippen molar-refractivity contribution in [2.24, 2.45) is 0 Å². The van der Waals surface area contributed by atoms with Gasteiger partial charge in [0.25, 0.3) is 0 Å². The topological polar surface area (TPSA) is 28.2 Å². The lowest BCUT2D eigenvalue weighted by Crippen LogP contribution is -2.48. The Balaban J connectivity index is 1.73. The van der Waals surface area contributed by atoms with E-state index in [1.807, 2.05) is 0 Å². The van der Waals surface area contributed by atoms with Crippen LogP contribution in [0, 0.1) is 6.92 Å². The van der Waals surface area contributed by atoms with Crippen LogP contribution >= 0.6 is 11.3 Å². The Bertz CT molecular complexity index is 377. The van der Waals surface area contributed by atoms with Gasteiger partial charge in [-0.25, -0.2) is 4.98 Å². The van der Waals surface area contributed by atoms with E-state index in [0.717, 1.165) is 31.2 Å². The maximum atomic E-state index is 4.56. The number of thiazole rings is 1. The molecule has 2 heterocycles. The van der Waals surface area contributed by atoms with Crippen LogP contribution in [0.4, 0.5) is 0 Å². The first kappa shape index (κ1) is 14.9. The summed E-state index contributed by atoms with van der Waals surface area (Å²) in [6.45, 7) is 10.2. The summed E-state index contributed by atoms with van der Waals surface area (Å²) in [6, 6.07) is 1.43. The van der Waals surface area contributed by atoms with Gasteiger partial charge < -0.3 is 10.2 Å². The zero-order valence-electron chi connectivity index (χ0n) is 12.5. The quantitative estimate of drug-likeness (QED) is 0.869. The van der Waals surface area contributed by atoms with E-state index >= 15 is 0 Å². The van der Waals surface area contributed by atoms with Crippen molar-refractivity contribution < 1.29 is 0 Å². The first-order chi connectivity index (χ1) is 9.19. The zero-order valence-corrected chi connectivity index (χ0v) is 13.3. The number of hydrogen-bond donors (Lipinski definition) is 1. The van der Waals surface area contributed by atoms with Gasteiger partial charge in [0, 0.05) is 36.1 Å². The van der Waals surface area contributed by atoms with Crippen LogP contribution in [-0.2, 0) is 6.42 Å². The number of hydrogen-bond acceptors (Lipinski definition) is 4. The third kappa shape index (κ3) is 4.55. The summed E-state index contributed by atoms with van der Waals surface area (Å²) < 4.78 is 0. The first-order valence-electron chi connectivity index (χ1n) is 7.57. The molecule has 2 atom stereocenters. The van der Waals surface area contributed by atoms with Crippen molar-refractivity contribution >= 4 is 11.3 Å². The molecule has 2 rings (SSSR count). The highest BCUT2D eigenvalue weighted by Gasteiger charge is 2.24. The molecule has 1 aliphatic rings. The van der Waals surface area contributed by atoms with Crippen LogP contribution in [0.5, 0.6) is 0 Å². The summed E-state index contributed by atoms with van der Waals surface area (Å²) in [5, 5.41) is 7.10. The van der Waals surface area contributed by atoms with Crippen LogP contribution < -0.4 is 5.32 Å². The molecule has 0 aromatic carbocycles. The number of aromatic nitrogens is 1. The van der Waals surface area contributed by atoms with Crippen molar-refractivity contribution in [3.63, 3.8) is 0 Å². The van der Waals surface area contributed by atoms with E-state index in [4.69, 9.17) is 0 Å². The summed E-state index contributed by atoms with van der Waals surface area (Å²) in [6.07, 6.45) is 4.92. The van der Waals surface area contributed by atoms with Crippen LogP contribution in [0.2, 0.25) is 0 Å². The maximum Gasteiger partial charge on any atom is 0.0940 e. The van der Waals surface area contributed by atoms with Crippen molar-refractivity contribution in [2.45, 2.75) is 58.5 Å². The SMILES string of the molecule is CCCNC1CCN(CCc2nc(C)cs2)C(C)C1. The molecule has 1 aromatic heterocycles. The monoisotopic (exact) mass is 281 g/mol. The lowest BCUT2D eigenvalue weighted by atomic mass is 9.98. The fourth-order valence-corrected chi connectivity index (χ4v) is 3.61. The fourth-order valence-electron chi connectivity index (χ4n) is 2.84. The number of nitrogens with zero attached hydrogens (tertiary/aromatic N) is 2. The number of aryl methyl sites for hydroxylation is 1. The van der Waals surface area contributed by atoms with E-state index in [-0.39, 0.29) is 0 Å². The summed E-state index contributed by atoms with van der Waals surface area (Å²) in [5.41, 5.74) is 1.16. The summed E-state index contributed by atoms with van der Waals surface area (Å²) in [7, 11) is 0. The van der Waals surface area contributed by atoms with Crippen LogP contribution in [0.15, 0.2) is 5.38 Å². The summed E-state index contributed by atoms with van der Waals surface area (Å²) >= 11 is 1.80. The van der Waals surface area contributed by atoms with E-state index in [9.17, 15) is 0 Å². The number of nitrogens with one attached hydrogen (secondary N) is 1. The van der Waals surface area contributed by atoms with Crippen LogP contribution in [0.25, 0.3) is 0 Å². The van der Waals surface area contributed by atoms with E-state index in [1.54, 1.807) is 11.3 Å². The van der Waals surface area contributed by atoms with Crippen molar-refractivity contribution in [3.8, 4) is 0 Å². The fraction of sp³-hybridized carbons (Fsp3) is 0.800. The Kier molecular flexibility index (Phi) is 5.79. The van der Waals surface area contributed by atoms with E-state index in [0.29, 0.717) is 6.04 Å². The van der Waals surface area contributed by atoms with Gasteiger partial charge in [-0.05, 0) is 46.2 Å². The average molecular weight is 281 g/mol. The Morgan fingerprint density at radius 3 is 3.00 bits per heavy atom. The van der Waals surface area contributed by atoms with Crippen molar-refractivity contribution in [1.82, 2.24) is 15.2 Å². The predicted molar refractivity (Wildman–Crippen MR) is 82.9 cm³/mol. The molecule has 108 valence electrons. The van der Waals surface area contributed by atoms with E-state index < -0.39 is 0 Å². The molecule has 0 radical (unpaired) electrons. The standard InChI is InChI=1S/C15H27N3S/c1-4-7-16-14-5-8-18(13(3)10-14)9-6-15-17-12(2)11-19-15/h11,13-14,16H,4-10H2,1-3H3. The smallest absolute Gasteiger partial charge is 0.0940 e. The van der Waals surface area contributed by atoms with Crippen molar-refractivity contribution in [1.29, 1.82) is 0 Å². The largest absolute Gasteiger partial charge is 0.314 e. The van der Waals surface area contributed by atoms with Gasteiger partial charge in [-0.3, -0.25) is 0 Å². The van der Waals surface area contributed by atoms with Gasteiger partial charge in [0.1, 0.15) is 0 Å². The van der Waals surface area contributed by atoms with Crippen LogP contribution in [-0.4, -0.2) is 41.6 Å². The van der Waals surface area contributed by atoms with Gasteiger partial charge >= 0.3 is 0 Å². The Hall–Kier alpha value is -0.450. The maximum absolute atomic E-state index is 4.56. The van der Waals surface area contributed by atoms with Crippen molar-refractivity contribution in [2.75, 3.05) is 19.6 Å². The van der Waals surface area contributed by atoms with E-state index in [1.165, 1.54) is 30.8 Å². The molecule has 1 aliphatic heterocycles. The van der Waals surface area contributed by atoms with Crippen LogP contribution in [0.3, 0.4) is 0 Å². The second-order valence-corrected chi connectivity index (χ2v) is 6.64. The molecule has 0 spiro atoms. The molecule has 1 N–H and O–H groups in total. The summed E-state index contributed by atoms with van der Waals surface area (Å²) in [5.74, 6) is 0. The highest BCUT2D eigenvalue weighted by atomic mass is 32.1. The minimum Gasteiger partial charge on any atom is -0.314 e. The number of rotatable bonds is 6. The molecular formula is C15H27N3S. The molecular weight excluding hydrogens is 254 g/mol. The zero-order chi connectivity index (χ0) is 13.7. The van der Waals surface area contributed by atoms with Gasteiger partial charge in [-0.2, -0.15) is 0 Å². The second kappa shape index (κ2) is 7.36. The molecule has 2 unspecified atom stereocenters. The van der Waals surface area contributed by atoms with Gasteiger partial charge in [0.2, 0.25) is 0 Å². The molecule has 0 saturated carbocycles. The normalized spacial score (nSPS) is 24.8. The Morgan fingerprint density at radius 2 is 2.37 bits per heavy atom. The molecule has 0 bridgehead atoms. The molecule has 1 aromatic rings. The lowest BCUT2D eigenvalue weighted by molar-refractivity contribution is 0.138. The average Bonchev–Trinajstić information content (AvgIpc) is 2.81. The third-order valence-electron chi connectivity index (χ3n) is 3.98. The molecule has 4 heteroatoms. The van der Waals surface area contributed by atoms with E-state index in [2.05, 4.69) is 41.4 Å². The number of piperidine rings is 1. The van der Waals surface area contributed by atoms with Crippen LogP contribution in [0.1, 0.15) is 43.8 Å². The van der Waals surface area contributed by atoms with Gasteiger partial charge in [0.15, 0.2) is 0 Å². The van der Waals surface area contributed by atoms with Gasteiger partial charge in [0.05, 0.1) is 5.01 Å². The molecule has 1 fully saturated rings. The molecule has 1 saturated heterocycles. The first-order valence-corrected chi connectivity index (χ1v) is 8.45. The highest BCUT2D eigenvalue weighted by Crippen LogP contribution is 2.18. The lowest BCUT2D eigenvalue weighted by Gasteiger charge is -2.38. The third-order valence-corrected chi connectivity index (χ3v) is 5.00. The van der Waals surface area contributed by atoms with Gasteiger partial charge in [-0.15, -0.1) is 11.3 Å². The molecule has 0 amide bonds. The predicted octanol–water partition coefficient (Wildman–Crippen LogP) is 2.85. The Morgan fingerprint density at radius 1 is 1.53 bits per heavy atom. The molecule has 0 aliphatic carbocycles. The van der Waals surface area contributed by atoms with Crippen molar-refractivity contribution in [3.05, 3.63) is 16.1 Å². The molecule has 19 heavy (non-hydrogen) atoms. The molecule has 3 nitrogen and oxygen atoms in total. The highest BCUT2D eigenvalue weighted by molar-refractivity contribution is 7.09.